The number of aryl methyl sites for hydroxylation is 2. The maximum absolute atomic E-state index is 11.9. The topological polar surface area (TPSA) is 159 Å². The van der Waals surface area contributed by atoms with Gasteiger partial charge in [-0.15, -0.1) is 0 Å². The SMILES string of the molecule is C.C.COC(=O)c1cc(-c2ncn[nH]2)c(C2CCC2)cc1C.COC(=O)c1cc(C(N)=O)c(C2CCC2)cc1C.COC(OC)N(C)C. The number of amides is 1. The lowest BCUT2D eigenvalue weighted by Crippen LogP contribution is -2.30. The van der Waals surface area contributed by atoms with E-state index in [2.05, 4.69) is 21.2 Å². The molecule has 2 aromatic carbocycles. The fraction of sp³-hybridized carbons (Fsp3) is 0.528. The molecule has 266 valence electrons. The van der Waals surface area contributed by atoms with E-state index in [9.17, 15) is 14.4 Å². The Morgan fingerprint density at radius 1 is 0.792 bits per heavy atom. The molecule has 0 saturated heterocycles. The van der Waals surface area contributed by atoms with Gasteiger partial charge in [-0.3, -0.25) is 14.8 Å². The van der Waals surface area contributed by atoms with Crippen molar-refractivity contribution in [2.45, 2.75) is 85.5 Å². The normalized spacial score (nSPS) is 13.7. The van der Waals surface area contributed by atoms with Gasteiger partial charge in [0.15, 0.2) is 5.82 Å². The highest BCUT2D eigenvalue weighted by atomic mass is 16.7. The van der Waals surface area contributed by atoms with Gasteiger partial charge in [0.25, 0.3) is 0 Å². The van der Waals surface area contributed by atoms with Crippen LogP contribution in [-0.2, 0) is 18.9 Å². The molecule has 3 aromatic rings. The maximum atomic E-state index is 11.9. The van der Waals surface area contributed by atoms with E-state index >= 15 is 0 Å². The van der Waals surface area contributed by atoms with E-state index in [0.717, 1.165) is 35.1 Å². The first kappa shape index (κ1) is 41.9. The molecular formula is C36H55N5O7. The van der Waals surface area contributed by atoms with Gasteiger partial charge < -0.3 is 24.7 Å². The highest BCUT2D eigenvalue weighted by molar-refractivity contribution is 5.99. The van der Waals surface area contributed by atoms with Crippen LogP contribution in [0.25, 0.3) is 11.4 Å². The number of H-pyrrole nitrogens is 1. The predicted molar refractivity (Wildman–Crippen MR) is 187 cm³/mol. The first-order chi connectivity index (χ1) is 22.0. The number of carbonyl (C=O) groups excluding carboxylic acids is 3. The van der Waals surface area contributed by atoms with Crippen LogP contribution < -0.4 is 5.73 Å². The number of primary amides is 1. The van der Waals surface area contributed by atoms with Crippen molar-refractivity contribution < 1.29 is 33.3 Å². The van der Waals surface area contributed by atoms with E-state index in [0.29, 0.717) is 34.4 Å². The molecule has 0 radical (unpaired) electrons. The van der Waals surface area contributed by atoms with Gasteiger partial charge in [-0.25, -0.2) is 14.6 Å². The number of aromatic amines is 1. The van der Waals surface area contributed by atoms with Crippen molar-refractivity contribution in [1.82, 2.24) is 20.1 Å². The van der Waals surface area contributed by atoms with Gasteiger partial charge in [0.1, 0.15) is 6.33 Å². The number of hydrogen-bond acceptors (Lipinski definition) is 10. The minimum absolute atomic E-state index is 0. The smallest absolute Gasteiger partial charge is 0.338 e. The van der Waals surface area contributed by atoms with Crippen molar-refractivity contribution in [2.75, 3.05) is 42.5 Å². The summed E-state index contributed by atoms with van der Waals surface area (Å²) in [5.74, 6) is 0.427. The number of esters is 2. The molecule has 2 fully saturated rings. The third kappa shape index (κ3) is 10.2. The van der Waals surface area contributed by atoms with E-state index in [4.69, 9.17) is 24.7 Å². The zero-order valence-corrected chi connectivity index (χ0v) is 28.1. The summed E-state index contributed by atoms with van der Waals surface area (Å²) in [6.45, 7) is 3.79. The largest absolute Gasteiger partial charge is 0.465 e. The molecule has 2 aliphatic carbocycles. The van der Waals surface area contributed by atoms with Gasteiger partial charge in [-0.1, -0.05) is 39.8 Å². The van der Waals surface area contributed by atoms with Gasteiger partial charge in [0.2, 0.25) is 12.3 Å². The first-order valence-corrected chi connectivity index (χ1v) is 15.3. The molecule has 2 saturated carbocycles. The Morgan fingerprint density at radius 3 is 1.62 bits per heavy atom. The molecule has 0 spiro atoms. The second-order valence-electron chi connectivity index (χ2n) is 11.7. The summed E-state index contributed by atoms with van der Waals surface area (Å²) in [6.07, 6.45) is 8.26. The second kappa shape index (κ2) is 19.6. The van der Waals surface area contributed by atoms with Crippen LogP contribution in [0.1, 0.15) is 119 Å². The minimum atomic E-state index is -0.484. The van der Waals surface area contributed by atoms with Crippen LogP contribution in [0.3, 0.4) is 0 Å². The number of ether oxygens (including phenoxy) is 4. The Balaban J connectivity index is 0.000000383. The third-order valence-corrected chi connectivity index (χ3v) is 8.45. The van der Waals surface area contributed by atoms with Crippen molar-refractivity contribution >= 4 is 17.8 Å². The van der Waals surface area contributed by atoms with Crippen LogP contribution in [0.5, 0.6) is 0 Å². The van der Waals surface area contributed by atoms with Gasteiger partial charge in [-0.05, 0) is 99.8 Å². The van der Waals surface area contributed by atoms with Crippen LogP contribution in [0.2, 0.25) is 0 Å². The van der Waals surface area contributed by atoms with E-state index in [1.54, 1.807) is 20.3 Å². The molecule has 0 bridgehead atoms. The molecule has 48 heavy (non-hydrogen) atoms. The van der Waals surface area contributed by atoms with Gasteiger partial charge in [0, 0.05) is 25.3 Å². The Hall–Kier alpha value is -4.13. The average molecular weight is 670 g/mol. The fourth-order valence-electron chi connectivity index (χ4n) is 5.51. The minimum Gasteiger partial charge on any atom is -0.465 e. The fourth-order valence-corrected chi connectivity index (χ4v) is 5.51. The summed E-state index contributed by atoms with van der Waals surface area (Å²) < 4.78 is 19.3. The lowest BCUT2D eigenvalue weighted by atomic mass is 9.77. The summed E-state index contributed by atoms with van der Waals surface area (Å²) in [7, 11) is 9.71. The highest BCUT2D eigenvalue weighted by Crippen LogP contribution is 2.42. The summed E-state index contributed by atoms with van der Waals surface area (Å²) in [4.78, 5) is 41.0. The lowest BCUT2D eigenvalue weighted by Gasteiger charge is -2.28. The number of hydrogen-bond donors (Lipinski definition) is 2. The second-order valence-corrected chi connectivity index (χ2v) is 11.7. The average Bonchev–Trinajstić information content (AvgIpc) is 3.51. The first-order valence-electron chi connectivity index (χ1n) is 15.3. The molecular weight excluding hydrogens is 614 g/mol. The number of nitrogens with zero attached hydrogens (tertiary/aromatic N) is 3. The molecule has 2 aliphatic rings. The molecule has 1 heterocycles. The van der Waals surface area contributed by atoms with Crippen molar-refractivity contribution in [3.05, 3.63) is 69.5 Å². The summed E-state index contributed by atoms with van der Waals surface area (Å²) in [6, 6.07) is 7.43. The number of methoxy groups -OCH3 is 4. The highest BCUT2D eigenvalue weighted by Gasteiger charge is 2.27. The molecule has 3 N–H and O–H groups in total. The van der Waals surface area contributed by atoms with Crippen molar-refractivity contribution in [2.24, 2.45) is 5.73 Å². The zero-order valence-electron chi connectivity index (χ0n) is 28.1. The number of nitrogens with one attached hydrogen (secondary N) is 1. The van der Waals surface area contributed by atoms with Crippen LogP contribution in [0.15, 0.2) is 30.6 Å². The van der Waals surface area contributed by atoms with E-state index in [1.807, 2.05) is 45.0 Å². The van der Waals surface area contributed by atoms with Crippen LogP contribution in [0.4, 0.5) is 0 Å². The Kier molecular flexibility index (Phi) is 17.1. The zero-order chi connectivity index (χ0) is 34.0. The summed E-state index contributed by atoms with van der Waals surface area (Å²) >= 11 is 0. The molecule has 0 aliphatic heterocycles. The molecule has 1 aromatic heterocycles. The standard InChI is InChI=1S/C15H17N3O2.C14H17NO3.C5H13NO2.2CH4/c1-9-6-12(10-4-3-5-10)13(14-16-8-17-18-14)7-11(9)15(19)20-2;1-8-6-11(9-4-3-5-9)12(13(15)16)7-10(8)14(17)18-2;1-6(2)5(7-3)8-4;;/h6-8,10H,3-5H2,1-2H3,(H,16,17,18);6-7,9H,3-5H2,1-2H3,(H2,15,16);5H,1-4H3;2*1H4. The Labute approximate surface area is 285 Å². The summed E-state index contributed by atoms with van der Waals surface area (Å²) in [5.41, 5.74) is 11.8. The summed E-state index contributed by atoms with van der Waals surface area (Å²) in [5, 5.41) is 6.79. The molecule has 0 atom stereocenters. The number of carbonyl (C=O) groups is 3. The van der Waals surface area contributed by atoms with Crippen LogP contribution in [0, 0.1) is 13.8 Å². The molecule has 12 heteroatoms. The lowest BCUT2D eigenvalue weighted by molar-refractivity contribution is -0.179. The predicted octanol–water partition coefficient (Wildman–Crippen LogP) is 6.38. The Bertz CT molecular complexity index is 1480. The number of nitrogens with two attached hydrogens (primary N) is 1. The van der Waals surface area contributed by atoms with Crippen LogP contribution in [-0.4, -0.2) is 86.9 Å². The van der Waals surface area contributed by atoms with E-state index < -0.39 is 11.9 Å². The molecule has 12 nitrogen and oxygen atoms in total. The Morgan fingerprint density at radius 2 is 1.27 bits per heavy atom. The molecule has 1 amide bonds. The van der Waals surface area contributed by atoms with Crippen molar-refractivity contribution in [3.63, 3.8) is 0 Å². The third-order valence-electron chi connectivity index (χ3n) is 8.45. The van der Waals surface area contributed by atoms with Crippen LogP contribution >= 0.6 is 0 Å². The molecule has 5 rings (SSSR count). The number of aromatic nitrogens is 3. The van der Waals surface area contributed by atoms with Crippen molar-refractivity contribution in [3.8, 4) is 11.4 Å². The van der Waals surface area contributed by atoms with Gasteiger partial charge in [-0.2, -0.15) is 5.10 Å². The monoisotopic (exact) mass is 669 g/mol. The van der Waals surface area contributed by atoms with Gasteiger partial charge >= 0.3 is 11.9 Å². The number of benzene rings is 2. The molecule has 0 unspecified atom stereocenters. The van der Waals surface area contributed by atoms with Crippen molar-refractivity contribution in [1.29, 1.82) is 0 Å². The quantitative estimate of drug-likeness (QED) is 0.193. The van der Waals surface area contributed by atoms with E-state index in [-0.39, 0.29) is 27.2 Å². The maximum Gasteiger partial charge on any atom is 0.338 e. The van der Waals surface area contributed by atoms with Gasteiger partial charge in [0.05, 0.1) is 25.3 Å². The number of rotatable bonds is 9. The van der Waals surface area contributed by atoms with E-state index in [1.165, 1.54) is 51.8 Å².